The number of pyridine rings is 2. The maximum atomic E-state index is 13.1. The summed E-state index contributed by atoms with van der Waals surface area (Å²) < 4.78 is 1.81. The van der Waals surface area contributed by atoms with E-state index in [-0.39, 0.29) is 11.9 Å². The van der Waals surface area contributed by atoms with Gasteiger partial charge in [-0.1, -0.05) is 36.4 Å². The Labute approximate surface area is 163 Å². The number of fused-ring (bicyclic) bond motifs is 1. The topological polar surface area (TPSA) is 72.7 Å². The number of aromatic nitrogens is 4. The van der Waals surface area contributed by atoms with Crippen molar-refractivity contribution in [2.45, 2.75) is 26.4 Å². The van der Waals surface area contributed by atoms with Gasteiger partial charge in [0.1, 0.15) is 0 Å². The van der Waals surface area contributed by atoms with Gasteiger partial charge in [0.15, 0.2) is 5.65 Å². The zero-order chi connectivity index (χ0) is 19.5. The van der Waals surface area contributed by atoms with E-state index in [1.54, 1.807) is 18.6 Å². The van der Waals surface area contributed by atoms with E-state index in [9.17, 15) is 4.79 Å². The molecular formula is C22H21N5O. The molecule has 3 aromatic heterocycles. The Kier molecular flexibility index (Phi) is 4.85. The minimum absolute atomic E-state index is 0.156. The monoisotopic (exact) mass is 371 g/mol. The fourth-order valence-corrected chi connectivity index (χ4v) is 3.21. The van der Waals surface area contributed by atoms with E-state index in [1.165, 1.54) is 0 Å². The first kappa shape index (κ1) is 17.9. The molecule has 6 nitrogen and oxygen atoms in total. The summed E-state index contributed by atoms with van der Waals surface area (Å²) in [4.78, 5) is 22.0. The van der Waals surface area contributed by atoms with Gasteiger partial charge >= 0.3 is 0 Å². The number of rotatable bonds is 5. The molecule has 0 spiro atoms. The third-order valence-corrected chi connectivity index (χ3v) is 4.75. The first-order chi connectivity index (χ1) is 13.7. The number of hydrogen-bond donors (Lipinski definition) is 1. The highest BCUT2D eigenvalue weighted by atomic mass is 16.1. The van der Waals surface area contributed by atoms with Gasteiger partial charge in [0.2, 0.25) is 0 Å². The second-order valence-electron chi connectivity index (χ2n) is 6.60. The summed E-state index contributed by atoms with van der Waals surface area (Å²) in [5.41, 5.74) is 3.95. The summed E-state index contributed by atoms with van der Waals surface area (Å²) in [5.74, 6) is -0.156. The summed E-state index contributed by atoms with van der Waals surface area (Å²) in [5, 5.41) is 8.21. The van der Waals surface area contributed by atoms with Gasteiger partial charge in [-0.3, -0.25) is 9.78 Å². The van der Waals surface area contributed by atoms with Crippen molar-refractivity contribution in [3.05, 3.63) is 78.2 Å². The molecule has 1 amide bonds. The zero-order valence-electron chi connectivity index (χ0n) is 15.8. The highest BCUT2D eigenvalue weighted by molar-refractivity contribution is 6.06. The maximum Gasteiger partial charge on any atom is 0.252 e. The number of carbonyl (C=O) groups excluding carboxylic acids is 1. The van der Waals surface area contributed by atoms with Crippen LogP contribution in [0.1, 0.15) is 35.8 Å². The summed E-state index contributed by atoms with van der Waals surface area (Å²) in [6.45, 7) is 4.64. The number of benzene rings is 1. The molecule has 0 aliphatic heterocycles. The van der Waals surface area contributed by atoms with E-state index in [0.29, 0.717) is 17.8 Å². The molecule has 4 rings (SSSR count). The van der Waals surface area contributed by atoms with Crippen LogP contribution in [-0.4, -0.2) is 25.7 Å². The lowest BCUT2D eigenvalue weighted by Gasteiger charge is -2.15. The molecule has 4 aromatic rings. The van der Waals surface area contributed by atoms with Gasteiger partial charge in [-0.05, 0) is 31.5 Å². The number of nitrogens with zero attached hydrogens (tertiary/aromatic N) is 4. The van der Waals surface area contributed by atoms with Crippen LogP contribution in [0.5, 0.6) is 0 Å². The van der Waals surface area contributed by atoms with Crippen LogP contribution in [0.3, 0.4) is 0 Å². The Morgan fingerprint density at radius 2 is 1.96 bits per heavy atom. The largest absolute Gasteiger partial charge is 0.345 e. The van der Waals surface area contributed by atoms with E-state index >= 15 is 0 Å². The van der Waals surface area contributed by atoms with Crippen LogP contribution < -0.4 is 5.32 Å². The van der Waals surface area contributed by atoms with Gasteiger partial charge in [-0.15, -0.1) is 0 Å². The molecule has 0 aliphatic carbocycles. The number of amides is 1. The Bertz CT molecular complexity index is 1110. The van der Waals surface area contributed by atoms with Gasteiger partial charge in [-0.25, -0.2) is 9.67 Å². The average Bonchev–Trinajstić information content (AvgIpc) is 3.17. The van der Waals surface area contributed by atoms with Crippen molar-refractivity contribution in [1.82, 2.24) is 25.1 Å². The van der Waals surface area contributed by atoms with Gasteiger partial charge in [-0.2, -0.15) is 5.10 Å². The molecule has 0 aliphatic rings. The number of nitrogens with one attached hydrogen (secondary N) is 1. The second kappa shape index (κ2) is 7.60. The predicted molar refractivity (Wildman–Crippen MR) is 109 cm³/mol. The standard InChI is InChI=1S/C22H21N5O/c1-3-27-21-19(14-24-27)18(12-20(26-21)16-8-5-4-6-9-16)22(28)25-15(2)17-10-7-11-23-13-17/h4-15H,3H2,1-2H3,(H,25,28). The molecule has 6 heteroatoms. The Hall–Kier alpha value is -3.54. The van der Waals surface area contributed by atoms with Crippen molar-refractivity contribution < 1.29 is 4.79 Å². The van der Waals surface area contributed by atoms with Crippen molar-refractivity contribution in [3.63, 3.8) is 0 Å². The number of aryl methyl sites for hydroxylation is 1. The van der Waals surface area contributed by atoms with E-state index in [1.807, 2.05) is 67.1 Å². The fraction of sp³-hybridized carbons (Fsp3) is 0.182. The molecule has 0 saturated heterocycles. The van der Waals surface area contributed by atoms with E-state index in [2.05, 4.69) is 15.4 Å². The SMILES string of the molecule is CCn1ncc2c(C(=O)NC(C)c3cccnc3)cc(-c3ccccc3)nc21. The highest BCUT2D eigenvalue weighted by Crippen LogP contribution is 2.25. The van der Waals surface area contributed by atoms with Crippen molar-refractivity contribution >= 4 is 16.9 Å². The normalized spacial score (nSPS) is 12.1. The lowest BCUT2D eigenvalue weighted by molar-refractivity contribution is 0.0941. The summed E-state index contributed by atoms with van der Waals surface area (Å²) >= 11 is 0. The fourth-order valence-electron chi connectivity index (χ4n) is 3.21. The number of carbonyl (C=O) groups is 1. The average molecular weight is 371 g/mol. The Morgan fingerprint density at radius 1 is 1.14 bits per heavy atom. The Balaban J connectivity index is 1.77. The molecule has 28 heavy (non-hydrogen) atoms. The smallest absolute Gasteiger partial charge is 0.252 e. The summed E-state index contributed by atoms with van der Waals surface area (Å²) in [7, 11) is 0. The van der Waals surface area contributed by atoms with E-state index < -0.39 is 0 Å². The minimum Gasteiger partial charge on any atom is -0.345 e. The summed E-state index contributed by atoms with van der Waals surface area (Å²) in [6.07, 6.45) is 5.19. The van der Waals surface area contributed by atoms with Crippen LogP contribution in [0.2, 0.25) is 0 Å². The molecule has 1 N–H and O–H groups in total. The molecule has 1 atom stereocenters. The highest BCUT2D eigenvalue weighted by Gasteiger charge is 2.19. The predicted octanol–water partition coefficient (Wildman–Crippen LogP) is 4.00. The molecule has 0 bridgehead atoms. The van der Waals surface area contributed by atoms with Crippen molar-refractivity contribution in [1.29, 1.82) is 0 Å². The van der Waals surface area contributed by atoms with E-state index in [4.69, 9.17) is 4.98 Å². The van der Waals surface area contributed by atoms with Gasteiger partial charge in [0.25, 0.3) is 5.91 Å². The van der Waals surface area contributed by atoms with Crippen LogP contribution in [0.15, 0.2) is 67.1 Å². The molecule has 3 heterocycles. The summed E-state index contributed by atoms with van der Waals surface area (Å²) in [6, 6.07) is 15.3. The first-order valence-corrected chi connectivity index (χ1v) is 9.30. The van der Waals surface area contributed by atoms with Crippen LogP contribution in [-0.2, 0) is 6.54 Å². The van der Waals surface area contributed by atoms with Gasteiger partial charge in [0.05, 0.1) is 28.9 Å². The quantitative estimate of drug-likeness (QED) is 0.575. The van der Waals surface area contributed by atoms with Gasteiger partial charge < -0.3 is 5.32 Å². The Morgan fingerprint density at radius 3 is 2.68 bits per heavy atom. The molecule has 1 aromatic carbocycles. The van der Waals surface area contributed by atoms with Crippen LogP contribution in [0.25, 0.3) is 22.3 Å². The number of hydrogen-bond acceptors (Lipinski definition) is 4. The molecule has 140 valence electrons. The van der Waals surface area contributed by atoms with Crippen molar-refractivity contribution in [2.24, 2.45) is 0 Å². The molecule has 0 saturated carbocycles. The van der Waals surface area contributed by atoms with Gasteiger partial charge in [0, 0.05) is 24.5 Å². The molecular weight excluding hydrogens is 350 g/mol. The molecule has 0 radical (unpaired) electrons. The lowest BCUT2D eigenvalue weighted by atomic mass is 10.1. The van der Waals surface area contributed by atoms with E-state index in [0.717, 1.165) is 22.2 Å². The minimum atomic E-state index is -0.161. The molecule has 0 fully saturated rings. The maximum absolute atomic E-state index is 13.1. The van der Waals surface area contributed by atoms with Crippen LogP contribution in [0.4, 0.5) is 0 Å². The van der Waals surface area contributed by atoms with Crippen molar-refractivity contribution in [3.8, 4) is 11.3 Å². The van der Waals surface area contributed by atoms with Crippen LogP contribution in [0, 0.1) is 0 Å². The zero-order valence-corrected chi connectivity index (χ0v) is 15.8. The third kappa shape index (κ3) is 3.36. The lowest BCUT2D eigenvalue weighted by Crippen LogP contribution is -2.27. The van der Waals surface area contributed by atoms with Crippen LogP contribution >= 0.6 is 0 Å². The van der Waals surface area contributed by atoms with Crippen molar-refractivity contribution in [2.75, 3.05) is 0 Å². The second-order valence-corrected chi connectivity index (χ2v) is 6.60. The third-order valence-electron chi connectivity index (χ3n) is 4.75. The molecule has 1 unspecified atom stereocenters. The first-order valence-electron chi connectivity index (χ1n) is 9.30.